The maximum atomic E-state index is 6.09. The highest BCUT2D eigenvalue weighted by atomic mass is 16.5. The van der Waals surface area contributed by atoms with Gasteiger partial charge in [0.05, 0.1) is 12.2 Å². The first-order chi connectivity index (χ1) is 10.7. The molecule has 2 aliphatic carbocycles. The predicted molar refractivity (Wildman–Crippen MR) is 88.2 cm³/mol. The SMILES string of the molecule is NC1CCC(Oc2cccc(OC3CCC(N)CC3)c2)CC1. The topological polar surface area (TPSA) is 70.5 Å². The predicted octanol–water partition coefficient (Wildman–Crippen LogP) is 2.98. The molecular weight excluding hydrogens is 276 g/mol. The molecule has 0 amide bonds. The first kappa shape index (κ1) is 15.6. The van der Waals surface area contributed by atoms with Crippen LogP contribution >= 0.6 is 0 Å². The van der Waals surface area contributed by atoms with Gasteiger partial charge in [-0.3, -0.25) is 0 Å². The summed E-state index contributed by atoms with van der Waals surface area (Å²) in [5.41, 5.74) is 11.9. The summed E-state index contributed by atoms with van der Waals surface area (Å²) in [7, 11) is 0. The third-order valence-electron chi connectivity index (χ3n) is 4.85. The number of hydrogen-bond acceptors (Lipinski definition) is 4. The Balaban J connectivity index is 1.53. The Morgan fingerprint density at radius 2 is 1.09 bits per heavy atom. The van der Waals surface area contributed by atoms with E-state index in [2.05, 4.69) is 0 Å². The Morgan fingerprint density at radius 3 is 1.50 bits per heavy atom. The number of hydrogen-bond donors (Lipinski definition) is 2. The number of ether oxygens (including phenoxy) is 2. The van der Waals surface area contributed by atoms with Gasteiger partial charge in [0.1, 0.15) is 11.5 Å². The molecule has 0 bridgehead atoms. The summed E-state index contributed by atoms with van der Waals surface area (Å²) < 4.78 is 12.2. The van der Waals surface area contributed by atoms with Gasteiger partial charge in [0.15, 0.2) is 0 Å². The molecule has 0 radical (unpaired) electrons. The van der Waals surface area contributed by atoms with E-state index in [4.69, 9.17) is 20.9 Å². The van der Waals surface area contributed by atoms with Crippen LogP contribution in [0.25, 0.3) is 0 Å². The second-order valence-electron chi connectivity index (χ2n) is 6.78. The maximum absolute atomic E-state index is 6.09. The van der Waals surface area contributed by atoms with Crippen molar-refractivity contribution >= 4 is 0 Å². The van der Waals surface area contributed by atoms with Crippen LogP contribution in [0, 0.1) is 0 Å². The van der Waals surface area contributed by atoms with Crippen molar-refractivity contribution in [1.82, 2.24) is 0 Å². The number of benzene rings is 1. The summed E-state index contributed by atoms with van der Waals surface area (Å²) in [6.45, 7) is 0. The molecule has 1 aromatic rings. The van der Waals surface area contributed by atoms with Crippen LogP contribution in [-0.2, 0) is 0 Å². The number of nitrogens with two attached hydrogens (primary N) is 2. The Hall–Kier alpha value is -1.26. The zero-order valence-electron chi connectivity index (χ0n) is 13.2. The average molecular weight is 304 g/mol. The highest BCUT2D eigenvalue weighted by molar-refractivity contribution is 5.33. The number of rotatable bonds is 4. The molecular formula is C18H28N2O2. The van der Waals surface area contributed by atoms with Gasteiger partial charge in [-0.05, 0) is 63.5 Å². The third kappa shape index (κ3) is 4.37. The quantitative estimate of drug-likeness (QED) is 0.897. The minimum Gasteiger partial charge on any atom is -0.490 e. The van der Waals surface area contributed by atoms with Gasteiger partial charge in [-0.15, -0.1) is 0 Å². The lowest BCUT2D eigenvalue weighted by Crippen LogP contribution is -2.32. The van der Waals surface area contributed by atoms with E-state index in [1.807, 2.05) is 24.3 Å². The largest absolute Gasteiger partial charge is 0.490 e. The van der Waals surface area contributed by atoms with Crippen molar-refractivity contribution in [3.8, 4) is 11.5 Å². The molecule has 122 valence electrons. The van der Waals surface area contributed by atoms with E-state index in [1.165, 1.54) is 0 Å². The van der Waals surface area contributed by atoms with Crippen molar-refractivity contribution in [1.29, 1.82) is 0 Å². The van der Waals surface area contributed by atoms with Gasteiger partial charge in [-0.2, -0.15) is 0 Å². The van der Waals surface area contributed by atoms with Crippen molar-refractivity contribution < 1.29 is 9.47 Å². The summed E-state index contributed by atoms with van der Waals surface area (Å²) in [6.07, 6.45) is 9.02. The van der Waals surface area contributed by atoms with E-state index < -0.39 is 0 Å². The summed E-state index contributed by atoms with van der Waals surface area (Å²) in [5.74, 6) is 1.82. The summed E-state index contributed by atoms with van der Waals surface area (Å²) in [5, 5.41) is 0. The zero-order valence-corrected chi connectivity index (χ0v) is 13.2. The minimum absolute atomic E-state index is 0.294. The smallest absolute Gasteiger partial charge is 0.123 e. The highest BCUT2D eigenvalue weighted by Crippen LogP contribution is 2.28. The fourth-order valence-electron chi connectivity index (χ4n) is 3.42. The van der Waals surface area contributed by atoms with Crippen LogP contribution in [0.2, 0.25) is 0 Å². The lowest BCUT2D eigenvalue weighted by Gasteiger charge is -2.28. The standard InChI is InChI=1S/C18H28N2O2/c19-13-4-8-15(9-5-13)21-17-2-1-3-18(12-17)22-16-10-6-14(20)7-11-16/h1-3,12-16H,4-11,19-20H2. The molecule has 22 heavy (non-hydrogen) atoms. The van der Waals surface area contributed by atoms with Gasteiger partial charge < -0.3 is 20.9 Å². The molecule has 0 atom stereocenters. The van der Waals surface area contributed by atoms with Crippen LogP contribution in [0.1, 0.15) is 51.4 Å². The van der Waals surface area contributed by atoms with Gasteiger partial charge in [0, 0.05) is 18.2 Å². The van der Waals surface area contributed by atoms with E-state index in [9.17, 15) is 0 Å². The Kier molecular flexibility index (Phi) is 5.21. The van der Waals surface area contributed by atoms with E-state index >= 15 is 0 Å². The summed E-state index contributed by atoms with van der Waals surface area (Å²) in [6, 6.07) is 8.76. The maximum Gasteiger partial charge on any atom is 0.123 e. The molecule has 0 unspecified atom stereocenters. The molecule has 4 nitrogen and oxygen atoms in total. The van der Waals surface area contributed by atoms with Crippen LogP contribution < -0.4 is 20.9 Å². The molecule has 0 heterocycles. The summed E-state index contributed by atoms with van der Waals surface area (Å²) in [4.78, 5) is 0. The van der Waals surface area contributed by atoms with Crippen LogP contribution in [0.4, 0.5) is 0 Å². The molecule has 0 aliphatic heterocycles. The van der Waals surface area contributed by atoms with Crippen molar-refractivity contribution in [2.75, 3.05) is 0 Å². The Labute approximate surface area is 133 Å². The lowest BCUT2D eigenvalue weighted by molar-refractivity contribution is 0.138. The van der Waals surface area contributed by atoms with Gasteiger partial charge in [-0.25, -0.2) is 0 Å². The fourth-order valence-corrected chi connectivity index (χ4v) is 3.42. The molecule has 0 saturated heterocycles. The highest BCUT2D eigenvalue weighted by Gasteiger charge is 2.21. The van der Waals surface area contributed by atoms with Crippen molar-refractivity contribution in [3.05, 3.63) is 24.3 Å². The molecule has 2 aliphatic rings. The van der Waals surface area contributed by atoms with Crippen LogP contribution in [0.5, 0.6) is 11.5 Å². The normalized spacial score (nSPS) is 32.5. The molecule has 4 heteroatoms. The first-order valence-electron chi connectivity index (χ1n) is 8.63. The molecule has 4 N–H and O–H groups in total. The van der Waals surface area contributed by atoms with E-state index in [-0.39, 0.29) is 0 Å². The van der Waals surface area contributed by atoms with E-state index in [0.29, 0.717) is 24.3 Å². The van der Waals surface area contributed by atoms with Crippen molar-refractivity contribution in [2.24, 2.45) is 11.5 Å². The van der Waals surface area contributed by atoms with Crippen molar-refractivity contribution in [3.63, 3.8) is 0 Å². The second kappa shape index (κ2) is 7.34. The molecule has 0 spiro atoms. The fraction of sp³-hybridized carbons (Fsp3) is 0.667. The zero-order chi connectivity index (χ0) is 15.4. The minimum atomic E-state index is 0.294. The van der Waals surface area contributed by atoms with E-state index in [0.717, 1.165) is 62.9 Å². The van der Waals surface area contributed by atoms with Gasteiger partial charge in [0.2, 0.25) is 0 Å². The monoisotopic (exact) mass is 304 g/mol. The van der Waals surface area contributed by atoms with E-state index in [1.54, 1.807) is 0 Å². The molecule has 2 saturated carbocycles. The lowest BCUT2D eigenvalue weighted by atomic mass is 9.93. The van der Waals surface area contributed by atoms with Gasteiger partial charge in [-0.1, -0.05) is 6.07 Å². The third-order valence-corrected chi connectivity index (χ3v) is 4.85. The summed E-state index contributed by atoms with van der Waals surface area (Å²) >= 11 is 0. The van der Waals surface area contributed by atoms with Gasteiger partial charge >= 0.3 is 0 Å². The van der Waals surface area contributed by atoms with Crippen molar-refractivity contribution in [2.45, 2.75) is 75.7 Å². The molecule has 2 fully saturated rings. The molecule has 3 rings (SSSR count). The van der Waals surface area contributed by atoms with Crippen LogP contribution in [0.15, 0.2) is 24.3 Å². The Morgan fingerprint density at radius 1 is 0.682 bits per heavy atom. The first-order valence-corrected chi connectivity index (χ1v) is 8.63. The van der Waals surface area contributed by atoms with Gasteiger partial charge in [0.25, 0.3) is 0 Å². The molecule has 0 aromatic heterocycles. The average Bonchev–Trinajstić information content (AvgIpc) is 2.52. The molecule has 1 aromatic carbocycles. The van der Waals surface area contributed by atoms with Crippen LogP contribution in [0.3, 0.4) is 0 Å². The second-order valence-corrected chi connectivity index (χ2v) is 6.78. The van der Waals surface area contributed by atoms with Crippen LogP contribution in [-0.4, -0.2) is 24.3 Å². The Bertz CT molecular complexity index is 425.